The molecule has 0 amide bonds. The predicted molar refractivity (Wildman–Crippen MR) is 109 cm³/mol. The zero-order valence-corrected chi connectivity index (χ0v) is 16.0. The molecule has 6 heteroatoms. The molecule has 0 atom stereocenters. The second kappa shape index (κ2) is 7.64. The topological polar surface area (TPSA) is 58.0 Å². The number of fused-ring (bicyclic) bond motifs is 1. The van der Waals surface area contributed by atoms with Gasteiger partial charge in [0.25, 0.3) is 0 Å². The van der Waals surface area contributed by atoms with Crippen LogP contribution in [0, 0.1) is 0 Å². The zero-order valence-electron chi connectivity index (χ0n) is 16.0. The Bertz CT molecular complexity index is 938. The molecule has 28 heavy (non-hydrogen) atoms. The maximum atomic E-state index is 4.94. The third-order valence-electron chi connectivity index (χ3n) is 5.57. The molecule has 0 N–H and O–H groups in total. The molecule has 2 aromatic heterocycles. The molecule has 6 nitrogen and oxygen atoms in total. The second-order valence-electron chi connectivity index (χ2n) is 7.53. The van der Waals surface area contributed by atoms with Crippen molar-refractivity contribution in [1.29, 1.82) is 0 Å². The Kier molecular flexibility index (Phi) is 4.71. The average Bonchev–Trinajstić information content (AvgIpc) is 3.29. The Hall–Kier alpha value is -2.86. The van der Waals surface area contributed by atoms with Crippen LogP contribution in [0.3, 0.4) is 0 Å². The monoisotopic (exact) mass is 372 g/mol. The molecular formula is C22H24N6. The van der Waals surface area contributed by atoms with Gasteiger partial charge in [-0.25, -0.2) is 15.0 Å². The first-order chi connectivity index (χ1) is 13.9. The van der Waals surface area contributed by atoms with Gasteiger partial charge in [-0.05, 0) is 24.8 Å². The highest BCUT2D eigenvalue weighted by molar-refractivity contribution is 5.58. The van der Waals surface area contributed by atoms with Gasteiger partial charge in [0, 0.05) is 50.7 Å². The van der Waals surface area contributed by atoms with Crippen molar-refractivity contribution in [3.63, 3.8) is 0 Å². The Labute approximate surface area is 165 Å². The predicted octanol–water partition coefficient (Wildman–Crippen LogP) is 3.09. The summed E-state index contributed by atoms with van der Waals surface area (Å²) < 4.78 is 0. The fourth-order valence-corrected chi connectivity index (χ4v) is 4.16. The second-order valence-corrected chi connectivity index (χ2v) is 7.53. The van der Waals surface area contributed by atoms with Crippen LogP contribution in [0.1, 0.15) is 29.7 Å². The summed E-state index contributed by atoms with van der Waals surface area (Å²) in [5.74, 6) is 1.80. The van der Waals surface area contributed by atoms with E-state index in [9.17, 15) is 0 Å². The summed E-state index contributed by atoms with van der Waals surface area (Å²) in [6.45, 7) is 5.00. The third kappa shape index (κ3) is 3.47. The molecule has 5 rings (SSSR count). The zero-order chi connectivity index (χ0) is 18.8. The lowest BCUT2D eigenvalue weighted by Crippen LogP contribution is -2.33. The van der Waals surface area contributed by atoms with E-state index in [0.717, 1.165) is 56.4 Å². The third-order valence-corrected chi connectivity index (χ3v) is 5.57. The van der Waals surface area contributed by atoms with Crippen LogP contribution in [0.15, 0.2) is 48.9 Å². The van der Waals surface area contributed by atoms with Crippen molar-refractivity contribution in [1.82, 2.24) is 24.8 Å². The fraction of sp³-hybridized carbons (Fsp3) is 0.364. The van der Waals surface area contributed by atoms with E-state index in [0.29, 0.717) is 5.82 Å². The van der Waals surface area contributed by atoms with Gasteiger partial charge in [0.1, 0.15) is 11.5 Å². The molecule has 1 aromatic carbocycles. The molecule has 0 saturated carbocycles. The maximum absolute atomic E-state index is 4.94. The van der Waals surface area contributed by atoms with Crippen molar-refractivity contribution in [3.05, 3.63) is 65.7 Å². The largest absolute Gasteiger partial charge is 0.356 e. The van der Waals surface area contributed by atoms with Crippen molar-refractivity contribution < 1.29 is 0 Å². The van der Waals surface area contributed by atoms with Crippen LogP contribution in [0.5, 0.6) is 0 Å². The van der Waals surface area contributed by atoms with E-state index < -0.39 is 0 Å². The first kappa shape index (κ1) is 17.3. The van der Waals surface area contributed by atoms with Gasteiger partial charge in [-0.2, -0.15) is 0 Å². The molecule has 0 aliphatic carbocycles. The van der Waals surface area contributed by atoms with Gasteiger partial charge in [-0.3, -0.25) is 9.88 Å². The summed E-state index contributed by atoms with van der Waals surface area (Å²) in [7, 11) is 0. The van der Waals surface area contributed by atoms with Gasteiger partial charge in [-0.1, -0.05) is 30.3 Å². The molecule has 1 fully saturated rings. The van der Waals surface area contributed by atoms with Crippen molar-refractivity contribution in [2.75, 3.05) is 24.5 Å². The van der Waals surface area contributed by atoms with Crippen LogP contribution in [0.4, 0.5) is 5.82 Å². The van der Waals surface area contributed by atoms with E-state index in [-0.39, 0.29) is 0 Å². The normalized spacial score (nSPS) is 16.9. The van der Waals surface area contributed by atoms with Crippen LogP contribution < -0.4 is 4.90 Å². The SMILES string of the molecule is c1ccc(CN2CCc3c(nc(-c4cnccn4)nc3N3CCCC3)C2)cc1. The number of aromatic nitrogens is 4. The first-order valence-electron chi connectivity index (χ1n) is 10.0. The lowest BCUT2D eigenvalue weighted by atomic mass is 10.0. The number of hydrogen-bond acceptors (Lipinski definition) is 6. The van der Waals surface area contributed by atoms with E-state index in [4.69, 9.17) is 9.97 Å². The number of nitrogens with zero attached hydrogens (tertiary/aromatic N) is 6. The van der Waals surface area contributed by atoms with E-state index >= 15 is 0 Å². The Morgan fingerprint density at radius 2 is 1.79 bits per heavy atom. The lowest BCUT2D eigenvalue weighted by Gasteiger charge is -2.31. The van der Waals surface area contributed by atoms with Gasteiger partial charge < -0.3 is 4.90 Å². The molecule has 0 unspecified atom stereocenters. The minimum absolute atomic E-state index is 0.690. The first-order valence-corrected chi connectivity index (χ1v) is 10.0. The summed E-state index contributed by atoms with van der Waals surface area (Å²) in [4.78, 5) is 23.4. The molecule has 0 radical (unpaired) electrons. The van der Waals surface area contributed by atoms with Crippen molar-refractivity contribution >= 4 is 5.82 Å². The number of hydrogen-bond donors (Lipinski definition) is 0. The lowest BCUT2D eigenvalue weighted by molar-refractivity contribution is 0.241. The van der Waals surface area contributed by atoms with Crippen LogP contribution in [0.2, 0.25) is 0 Å². The number of rotatable bonds is 4. The quantitative estimate of drug-likeness (QED) is 0.701. The molecule has 3 aromatic rings. The molecule has 0 spiro atoms. The molecule has 4 heterocycles. The molecule has 0 bridgehead atoms. The maximum Gasteiger partial charge on any atom is 0.182 e. The minimum Gasteiger partial charge on any atom is -0.356 e. The Morgan fingerprint density at radius 1 is 0.929 bits per heavy atom. The highest BCUT2D eigenvalue weighted by Crippen LogP contribution is 2.31. The van der Waals surface area contributed by atoms with E-state index in [1.54, 1.807) is 18.6 Å². The summed E-state index contributed by atoms with van der Waals surface area (Å²) in [6.07, 6.45) is 8.60. The van der Waals surface area contributed by atoms with E-state index in [1.165, 1.54) is 24.0 Å². The Balaban J connectivity index is 1.50. The molecule has 2 aliphatic rings. The molecule has 1 saturated heterocycles. The van der Waals surface area contributed by atoms with Crippen molar-refractivity contribution in [3.8, 4) is 11.5 Å². The number of benzene rings is 1. The summed E-state index contributed by atoms with van der Waals surface area (Å²) in [5, 5.41) is 0. The summed E-state index contributed by atoms with van der Waals surface area (Å²) in [6, 6.07) is 10.7. The van der Waals surface area contributed by atoms with Crippen LogP contribution in [-0.2, 0) is 19.5 Å². The van der Waals surface area contributed by atoms with E-state index in [2.05, 4.69) is 50.1 Å². The van der Waals surface area contributed by atoms with Crippen molar-refractivity contribution in [2.24, 2.45) is 0 Å². The molecule has 2 aliphatic heterocycles. The van der Waals surface area contributed by atoms with Crippen LogP contribution in [0.25, 0.3) is 11.5 Å². The summed E-state index contributed by atoms with van der Waals surface area (Å²) >= 11 is 0. The van der Waals surface area contributed by atoms with Gasteiger partial charge in [0.15, 0.2) is 5.82 Å². The van der Waals surface area contributed by atoms with Gasteiger partial charge >= 0.3 is 0 Å². The highest BCUT2D eigenvalue weighted by Gasteiger charge is 2.26. The molecular weight excluding hydrogens is 348 g/mol. The van der Waals surface area contributed by atoms with Gasteiger partial charge in [0.2, 0.25) is 0 Å². The number of anilines is 1. The van der Waals surface area contributed by atoms with Gasteiger partial charge in [-0.15, -0.1) is 0 Å². The Morgan fingerprint density at radius 3 is 2.57 bits per heavy atom. The summed E-state index contributed by atoms with van der Waals surface area (Å²) in [5.41, 5.74) is 4.54. The smallest absolute Gasteiger partial charge is 0.182 e. The molecule has 142 valence electrons. The van der Waals surface area contributed by atoms with Gasteiger partial charge in [0.05, 0.1) is 11.9 Å². The standard InChI is InChI=1S/C22H24N6/c1-2-6-17(7-3-1)15-27-13-8-18-20(16-27)25-21(19-14-23-9-10-24-19)26-22(18)28-11-4-5-12-28/h1-3,6-7,9-10,14H,4-5,8,11-13,15-16H2. The minimum atomic E-state index is 0.690. The average molecular weight is 372 g/mol. The fourth-order valence-electron chi connectivity index (χ4n) is 4.16. The van der Waals surface area contributed by atoms with E-state index in [1.807, 2.05) is 0 Å². The van der Waals surface area contributed by atoms with Crippen LogP contribution in [-0.4, -0.2) is 44.5 Å². The van der Waals surface area contributed by atoms with Crippen molar-refractivity contribution in [2.45, 2.75) is 32.4 Å². The highest BCUT2D eigenvalue weighted by atomic mass is 15.2. The van der Waals surface area contributed by atoms with Crippen LogP contribution >= 0.6 is 0 Å².